The largest absolute Gasteiger partial charge is 0.388 e. The number of amides is 1. The summed E-state index contributed by atoms with van der Waals surface area (Å²) in [6.45, 7) is 3.28. The maximum atomic E-state index is 11.3. The molecule has 1 aliphatic heterocycles. The first kappa shape index (κ1) is 15.8. The van der Waals surface area contributed by atoms with Crippen molar-refractivity contribution in [2.45, 2.75) is 32.3 Å². The molecule has 1 unspecified atom stereocenters. The van der Waals surface area contributed by atoms with Crippen molar-refractivity contribution in [3.63, 3.8) is 0 Å². The van der Waals surface area contributed by atoms with E-state index in [-0.39, 0.29) is 5.91 Å². The molecule has 2 rings (SSSR count). The number of carbonyl (C=O) groups is 1. The van der Waals surface area contributed by atoms with Gasteiger partial charge < -0.3 is 14.9 Å². The normalized spacial score (nSPS) is 17.6. The Kier molecular flexibility index (Phi) is 5.23. The number of aliphatic hydroxyl groups excluding tert-OH is 1. The molecule has 0 aliphatic carbocycles. The second kappa shape index (κ2) is 6.94. The number of rotatable bonds is 4. The van der Waals surface area contributed by atoms with Crippen molar-refractivity contribution in [3.05, 3.63) is 29.8 Å². The summed E-state index contributed by atoms with van der Waals surface area (Å²) >= 11 is 0. The molecule has 1 amide bonds. The Morgan fingerprint density at radius 2 is 1.86 bits per heavy atom. The Morgan fingerprint density at radius 3 is 2.33 bits per heavy atom. The first-order valence-electron chi connectivity index (χ1n) is 7.68. The second-order valence-corrected chi connectivity index (χ2v) is 6.19. The zero-order valence-electron chi connectivity index (χ0n) is 13.2. The third-order valence-electron chi connectivity index (χ3n) is 4.41. The Bertz CT molecular complexity index is 462. The van der Waals surface area contributed by atoms with Gasteiger partial charge in [-0.15, -0.1) is 0 Å². The molecule has 1 fully saturated rings. The van der Waals surface area contributed by atoms with E-state index in [2.05, 4.69) is 0 Å². The van der Waals surface area contributed by atoms with Crippen LogP contribution in [0.25, 0.3) is 0 Å². The van der Waals surface area contributed by atoms with Gasteiger partial charge in [0.05, 0.1) is 6.10 Å². The minimum atomic E-state index is -0.407. The lowest BCUT2D eigenvalue weighted by Crippen LogP contribution is -2.37. The SMILES string of the molecule is CC(=O)N1CCC(CC(O)c2ccc(N(C)C)cc2)CC1. The minimum absolute atomic E-state index is 0.160. The van der Waals surface area contributed by atoms with Crippen LogP contribution < -0.4 is 4.90 Å². The fourth-order valence-corrected chi connectivity index (χ4v) is 2.93. The predicted octanol–water partition coefficient (Wildman–Crippen LogP) is 2.43. The molecule has 116 valence electrons. The van der Waals surface area contributed by atoms with Crippen molar-refractivity contribution in [3.8, 4) is 0 Å². The average Bonchev–Trinajstić information content (AvgIpc) is 2.47. The van der Waals surface area contributed by atoms with Crippen LogP contribution in [0.2, 0.25) is 0 Å². The van der Waals surface area contributed by atoms with Crippen LogP contribution in [0.5, 0.6) is 0 Å². The van der Waals surface area contributed by atoms with E-state index < -0.39 is 6.10 Å². The van der Waals surface area contributed by atoms with Gasteiger partial charge in [0.25, 0.3) is 0 Å². The molecular formula is C17H26N2O2. The van der Waals surface area contributed by atoms with Gasteiger partial charge in [0.1, 0.15) is 0 Å². The van der Waals surface area contributed by atoms with Crippen molar-refractivity contribution in [1.29, 1.82) is 0 Å². The Balaban J connectivity index is 1.87. The van der Waals surface area contributed by atoms with Gasteiger partial charge in [-0.05, 0) is 42.9 Å². The topological polar surface area (TPSA) is 43.8 Å². The maximum Gasteiger partial charge on any atom is 0.219 e. The average molecular weight is 290 g/mol. The summed E-state index contributed by atoms with van der Waals surface area (Å²) in [5, 5.41) is 10.4. The summed E-state index contributed by atoms with van der Waals surface area (Å²) in [4.78, 5) is 15.3. The van der Waals surface area contributed by atoms with Crippen LogP contribution in [0.1, 0.15) is 37.9 Å². The molecule has 1 N–H and O–H groups in total. The van der Waals surface area contributed by atoms with E-state index in [4.69, 9.17) is 0 Å². The number of piperidine rings is 1. The van der Waals surface area contributed by atoms with Crippen molar-refractivity contribution < 1.29 is 9.90 Å². The summed E-state index contributed by atoms with van der Waals surface area (Å²) in [5.41, 5.74) is 2.12. The van der Waals surface area contributed by atoms with E-state index >= 15 is 0 Å². The van der Waals surface area contributed by atoms with Crippen LogP contribution in [0, 0.1) is 5.92 Å². The first-order valence-corrected chi connectivity index (χ1v) is 7.68. The van der Waals surface area contributed by atoms with Crippen LogP contribution in [-0.4, -0.2) is 43.1 Å². The Morgan fingerprint density at radius 1 is 1.29 bits per heavy atom. The molecule has 1 atom stereocenters. The summed E-state index contributed by atoms with van der Waals surface area (Å²) in [6, 6.07) is 8.09. The van der Waals surface area contributed by atoms with E-state index in [1.807, 2.05) is 48.2 Å². The molecule has 0 bridgehead atoms. The van der Waals surface area contributed by atoms with Crippen LogP contribution in [0.4, 0.5) is 5.69 Å². The highest BCUT2D eigenvalue weighted by Gasteiger charge is 2.23. The third-order valence-corrected chi connectivity index (χ3v) is 4.41. The van der Waals surface area contributed by atoms with E-state index in [0.717, 1.165) is 43.6 Å². The van der Waals surface area contributed by atoms with Gasteiger partial charge in [0, 0.05) is 39.8 Å². The Hall–Kier alpha value is -1.55. The highest BCUT2D eigenvalue weighted by Crippen LogP contribution is 2.29. The highest BCUT2D eigenvalue weighted by atomic mass is 16.3. The molecule has 1 aromatic carbocycles. The lowest BCUT2D eigenvalue weighted by molar-refractivity contribution is -0.130. The lowest BCUT2D eigenvalue weighted by Gasteiger charge is -2.32. The highest BCUT2D eigenvalue weighted by molar-refractivity contribution is 5.73. The maximum absolute atomic E-state index is 11.3. The number of benzene rings is 1. The lowest BCUT2D eigenvalue weighted by atomic mass is 9.89. The smallest absolute Gasteiger partial charge is 0.219 e. The number of anilines is 1. The van der Waals surface area contributed by atoms with E-state index in [9.17, 15) is 9.90 Å². The van der Waals surface area contributed by atoms with Crippen molar-refractivity contribution in [2.24, 2.45) is 5.92 Å². The molecule has 0 saturated carbocycles. The number of aliphatic hydroxyl groups is 1. The molecule has 21 heavy (non-hydrogen) atoms. The van der Waals surface area contributed by atoms with Crippen molar-refractivity contribution in [2.75, 3.05) is 32.1 Å². The third kappa shape index (κ3) is 4.21. The van der Waals surface area contributed by atoms with Gasteiger partial charge in [-0.25, -0.2) is 0 Å². The molecule has 4 nitrogen and oxygen atoms in total. The number of carbonyl (C=O) groups excluding carboxylic acids is 1. The number of hydrogen-bond acceptors (Lipinski definition) is 3. The number of nitrogens with zero attached hydrogens (tertiary/aromatic N) is 2. The quantitative estimate of drug-likeness (QED) is 0.926. The first-order chi connectivity index (χ1) is 9.97. The summed E-state index contributed by atoms with van der Waals surface area (Å²) in [5.74, 6) is 0.664. The molecule has 1 heterocycles. The van der Waals surface area contributed by atoms with Gasteiger partial charge in [-0.1, -0.05) is 12.1 Å². The molecule has 1 aliphatic rings. The van der Waals surface area contributed by atoms with Crippen LogP contribution >= 0.6 is 0 Å². The molecule has 4 heteroatoms. The number of hydrogen-bond donors (Lipinski definition) is 1. The van der Waals surface area contributed by atoms with Gasteiger partial charge >= 0.3 is 0 Å². The van der Waals surface area contributed by atoms with Gasteiger partial charge in [-0.3, -0.25) is 4.79 Å². The van der Waals surface area contributed by atoms with Crippen LogP contribution in [0.15, 0.2) is 24.3 Å². The molecule has 1 saturated heterocycles. The number of likely N-dealkylation sites (tertiary alicyclic amines) is 1. The van der Waals surface area contributed by atoms with Gasteiger partial charge in [0.2, 0.25) is 5.91 Å². The van der Waals surface area contributed by atoms with E-state index in [1.165, 1.54) is 0 Å². The van der Waals surface area contributed by atoms with E-state index in [1.54, 1.807) is 6.92 Å². The fourth-order valence-electron chi connectivity index (χ4n) is 2.93. The standard InChI is InChI=1S/C17H26N2O2/c1-13(20)19-10-8-14(9-11-19)12-17(21)15-4-6-16(7-5-15)18(2)3/h4-7,14,17,21H,8-12H2,1-3H3. The monoisotopic (exact) mass is 290 g/mol. The van der Waals surface area contributed by atoms with Gasteiger partial charge in [0.15, 0.2) is 0 Å². The fraction of sp³-hybridized carbons (Fsp3) is 0.588. The van der Waals surface area contributed by atoms with E-state index in [0.29, 0.717) is 5.92 Å². The Labute approximate surface area is 127 Å². The summed E-state index contributed by atoms with van der Waals surface area (Å²) < 4.78 is 0. The van der Waals surface area contributed by atoms with Crippen molar-refractivity contribution >= 4 is 11.6 Å². The summed E-state index contributed by atoms with van der Waals surface area (Å²) in [6.07, 6.45) is 2.36. The molecule has 0 radical (unpaired) electrons. The van der Waals surface area contributed by atoms with Crippen LogP contribution in [0.3, 0.4) is 0 Å². The molecule has 1 aromatic rings. The minimum Gasteiger partial charge on any atom is -0.388 e. The second-order valence-electron chi connectivity index (χ2n) is 6.19. The zero-order valence-corrected chi connectivity index (χ0v) is 13.2. The van der Waals surface area contributed by atoms with Gasteiger partial charge in [-0.2, -0.15) is 0 Å². The molecule has 0 aromatic heterocycles. The molecular weight excluding hydrogens is 264 g/mol. The summed E-state index contributed by atoms with van der Waals surface area (Å²) in [7, 11) is 4.02. The van der Waals surface area contributed by atoms with Crippen LogP contribution in [-0.2, 0) is 4.79 Å². The van der Waals surface area contributed by atoms with Crippen molar-refractivity contribution in [1.82, 2.24) is 4.90 Å². The zero-order chi connectivity index (χ0) is 15.4. The predicted molar refractivity (Wildman–Crippen MR) is 85.3 cm³/mol. The molecule has 0 spiro atoms.